The van der Waals surface area contributed by atoms with Crippen LogP contribution in [0.2, 0.25) is 0 Å². The summed E-state index contributed by atoms with van der Waals surface area (Å²) in [5, 5.41) is 3.74. The first-order chi connectivity index (χ1) is 9.24. The van der Waals surface area contributed by atoms with Crippen molar-refractivity contribution in [2.24, 2.45) is 11.7 Å². The minimum atomic E-state index is 0.564. The SMILES string of the molecule is CCCCC(CC)COC(=S)NCCCCCCN. The molecule has 0 aromatic heterocycles. The Morgan fingerprint density at radius 2 is 1.89 bits per heavy atom. The fourth-order valence-electron chi connectivity index (χ4n) is 1.96. The zero-order chi connectivity index (χ0) is 14.3. The van der Waals surface area contributed by atoms with Gasteiger partial charge in [0.2, 0.25) is 0 Å². The van der Waals surface area contributed by atoms with Crippen LogP contribution in [0.25, 0.3) is 0 Å². The Bertz CT molecular complexity index is 212. The Kier molecular flexibility index (Phi) is 13.8. The van der Waals surface area contributed by atoms with Crippen molar-refractivity contribution in [3.8, 4) is 0 Å². The Balaban J connectivity index is 3.46. The maximum Gasteiger partial charge on any atom is 0.256 e. The number of ether oxygens (including phenoxy) is 1. The summed E-state index contributed by atoms with van der Waals surface area (Å²) in [6, 6.07) is 0. The van der Waals surface area contributed by atoms with E-state index >= 15 is 0 Å². The van der Waals surface area contributed by atoms with Crippen LogP contribution in [-0.2, 0) is 4.74 Å². The van der Waals surface area contributed by atoms with Crippen LogP contribution in [0, 0.1) is 5.92 Å². The van der Waals surface area contributed by atoms with Gasteiger partial charge in [-0.2, -0.15) is 0 Å². The number of rotatable bonds is 12. The molecular formula is C15H32N2OS. The minimum absolute atomic E-state index is 0.564. The average Bonchev–Trinajstić information content (AvgIpc) is 2.43. The Morgan fingerprint density at radius 1 is 1.16 bits per heavy atom. The Hall–Kier alpha value is -0.350. The molecule has 0 bridgehead atoms. The Morgan fingerprint density at radius 3 is 2.53 bits per heavy atom. The van der Waals surface area contributed by atoms with Crippen LogP contribution in [0.3, 0.4) is 0 Å². The van der Waals surface area contributed by atoms with Crippen molar-refractivity contribution in [2.75, 3.05) is 19.7 Å². The molecule has 19 heavy (non-hydrogen) atoms. The van der Waals surface area contributed by atoms with E-state index in [1.807, 2.05) is 0 Å². The fraction of sp³-hybridized carbons (Fsp3) is 0.933. The van der Waals surface area contributed by atoms with Gasteiger partial charge in [0, 0.05) is 6.54 Å². The molecule has 0 radical (unpaired) electrons. The summed E-state index contributed by atoms with van der Waals surface area (Å²) in [6.07, 6.45) is 9.62. The number of hydrogen-bond donors (Lipinski definition) is 2. The van der Waals surface area contributed by atoms with Gasteiger partial charge in [0.05, 0.1) is 6.61 Å². The molecule has 3 N–H and O–H groups in total. The second-order valence-corrected chi connectivity index (χ2v) is 5.52. The first kappa shape index (κ1) is 18.7. The third-order valence-corrected chi connectivity index (χ3v) is 3.66. The number of hydrogen-bond acceptors (Lipinski definition) is 3. The monoisotopic (exact) mass is 288 g/mol. The van der Waals surface area contributed by atoms with Crippen LogP contribution < -0.4 is 11.1 Å². The third kappa shape index (κ3) is 12.4. The highest BCUT2D eigenvalue weighted by atomic mass is 32.1. The molecule has 1 atom stereocenters. The lowest BCUT2D eigenvalue weighted by molar-refractivity contribution is 0.219. The second-order valence-electron chi connectivity index (χ2n) is 5.14. The summed E-state index contributed by atoms with van der Waals surface area (Å²) in [5.74, 6) is 0.643. The van der Waals surface area contributed by atoms with Gasteiger partial charge in [0.1, 0.15) is 0 Å². The molecule has 4 heteroatoms. The molecule has 3 nitrogen and oxygen atoms in total. The molecule has 0 spiro atoms. The van der Waals surface area contributed by atoms with Crippen LogP contribution in [0.4, 0.5) is 0 Å². The minimum Gasteiger partial charge on any atom is -0.471 e. The third-order valence-electron chi connectivity index (χ3n) is 3.39. The van der Waals surface area contributed by atoms with E-state index in [9.17, 15) is 0 Å². The molecule has 0 rings (SSSR count). The normalized spacial score (nSPS) is 12.2. The van der Waals surface area contributed by atoms with Gasteiger partial charge in [0.25, 0.3) is 5.17 Å². The van der Waals surface area contributed by atoms with Crippen molar-refractivity contribution in [1.29, 1.82) is 0 Å². The van der Waals surface area contributed by atoms with Crippen LogP contribution in [0.15, 0.2) is 0 Å². The molecule has 0 heterocycles. The quantitative estimate of drug-likeness (QED) is 0.425. The van der Waals surface area contributed by atoms with E-state index in [1.54, 1.807) is 0 Å². The standard InChI is InChI=1S/C15H32N2OS/c1-3-5-10-14(4-2)13-18-15(19)17-12-9-7-6-8-11-16/h14H,3-13,16H2,1-2H3,(H,17,19). The van der Waals surface area contributed by atoms with Crippen LogP contribution in [0.1, 0.15) is 65.2 Å². The summed E-state index contributed by atoms with van der Waals surface area (Å²) in [4.78, 5) is 0. The molecule has 0 aliphatic carbocycles. The van der Waals surface area contributed by atoms with Crippen molar-refractivity contribution in [1.82, 2.24) is 5.32 Å². The molecule has 1 unspecified atom stereocenters. The first-order valence-electron chi connectivity index (χ1n) is 7.85. The summed E-state index contributed by atoms with van der Waals surface area (Å²) in [7, 11) is 0. The van der Waals surface area contributed by atoms with E-state index in [1.165, 1.54) is 38.5 Å². The highest BCUT2D eigenvalue weighted by Gasteiger charge is 2.07. The van der Waals surface area contributed by atoms with Crippen LogP contribution in [-0.4, -0.2) is 24.9 Å². The van der Waals surface area contributed by atoms with Gasteiger partial charge >= 0.3 is 0 Å². The lowest BCUT2D eigenvalue weighted by atomic mass is 10.0. The Labute approximate surface area is 124 Å². The van der Waals surface area contributed by atoms with E-state index < -0.39 is 0 Å². The number of nitrogens with two attached hydrogens (primary N) is 1. The molecule has 0 saturated heterocycles. The van der Waals surface area contributed by atoms with E-state index in [-0.39, 0.29) is 0 Å². The zero-order valence-electron chi connectivity index (χ0n) is 12.7. The lowest BCUT2D eigenvalue weighted by Crippen LogP contribution is -2.27. The van der Waals surface area contributed by atoms with Gasteiger partial charge in [-0.1, -0.05) is 46.0 Å². The van der Waals surface area contributed by atoms with Gasteiger partial charge in [-0.25, -0.2) is 0 Å². The highest BCUT2D eigenvalue weighted by molar-refractivity contribution is 7.80. The summed E-state index contributed by atoms with van der Waals surface area (Å²) >= 11 is 5.18. The molecule has 0 saturated carbocycles. The number of unbranched alkanes of at least 4 members (excludes halogenated alkanes) is 4. The van der Waals surface area contributed by atoms with Crippen LogP contribution in [0.5, 0.6) is 0 Å². The van der Waals surface area contributed by atoms with Crippen molar-refractivity contribution in [2.45, 2.75) is 65.2 Å². The smallest absolute Gasteiger partial charge is 0.256 e. The predicted molar refractivity (Wildman–Crippen MR) is 87.4 cm³/mol. The number of thiocarbonyl (C=S) groups is 1. The molecule has 0 amide bonds. The molecule has 0 aromatic rings. The molecule has 0 fully saturated rings. The van der Waals surface area contributed by atoms with Crippen molar-refractivity contribution in [3.05, 3.63) is 0 Å². The second kappa shape index (κ2) is 14.1. The van der Waals surface area contributed by atoms with Gasteiger partial charge in [-0.05, 0) is 43.9 Å². The van der Waals surface area contributed by atoms with Gasteiger partial charge < -0.3 is 15.8 Å². The molecule has 114 valence electrons. The molecular weight excluding hydrogens is 256 g/mol. The van der Waals surface area contributed by atoms with E-state index in [0.29, 0.717) is 11.1 Å². The predicted octanol–water partition coefficient (Wildman–Crippen LogP) is 3.61. The fourth-order valence-corrected chi connectivity index (χ4v) is 2.13. The topological polar surface area (TPSA) is 47.3 Å². The van der Waals surface area contributed by atoms with Gasteiger partial charge in [0.15, 0.2) is 0 Å². The van der Waals surface area contributed by atoms with E-state index in [2.05, 4.69) is 19.2 Å². The maximum absolute atomic E-state index is 5.62. The molecule has 0 aliphatic heterocycles. The average molecular weight is 289 g/mol. The molecule has 0 aliphatic rings. The first-order valence-corrected chi connectivity index (χ1v) is 8.26. The van der Waals surface area contributed by atoms with Gasteiger partial charge in [-0.3, -0.25) is 0 Å². The van der Waals surface area contributed by atoms with Crippen LogP contribution >= 0.6 is 12.2 Å². The zero-order valence-corrected chi connectivity index (χ0v) is 13.6. The van der Waals surface area contributed by atoms with Gasteiger partial charge in [-0.15, -0.1) is 0 Å². The van der Waals surface area contributed by atoms with Crippen molar-refractivity contribution >= 4 is 17.4 Å². The van der Waals surface area contributed by atoms with E-state index in [0.717, 1.165) is 32.5 Å². The highest BCUT2D eigenvalue weighted by Crippen LogP contribution is 2.12. The molecule has 0 aromatic carbocycles. The maximum atomic E-state index is 5.62. The largest absolute Gasteiger partial charge is 0.471 e. The summed E-state index contributed by atoms with van der Waals surface area (Å²) < 4.78 is 5.62. The van der Waals surface area contributed by atoms with Crippen molar-refractivity contribution in [3.63, 3.8) is 0 Å². The summed E-state index contributed by atoms with van der Waals surface area (Å²) in [5.41, 5.74) is 5.45. The van der Waals surface area contributed by atoms with E-state index in [4.69, 9.17) is 22.7 Å². The van der Waals surface area contributed by atoms with Crippen molar-refractivity contribution < 1.29 is 4.74 Å². The number of nitrogens with one attached hydrogen (secondary N) is 1. The lowest BCUT2D eigenvalue weighted by Gasteiger charge is -2.16. The summed E-state index contributed by atoms with van der Waals surface area (Å²) in [6.45, 7) is 6.91.